The number of hydrogen-bond donors (Lipinski definition) is 1. The molecule has 12 heteroatoms. The molecule has 0 saturated carbocycles. The second-order valence-corrected chi connectivity index (χ2v) is 7.96. The van der Waals surface area contributed by atoms with Gasteiger partial charge in [-0.3, -0.25) is 4.79 Å². The second kappa shape index (κ2) is 7.85. The number of halogens is 3. The number of rotatable bonds is 5. The summed E-state index contributed by atoms with van der Waals surface area (Å²) in [4.78, 5) is 16.1. The standard InChI is InChI=1S/C17H17F3N6O2S/c1-16(2,3)14-24-25-15(28-14)29-7-13(27)23-11-6-10(17(18,19)20)4-5-12(11)26-9-21-8-22-26/h4-6,8-9H,7H2,1-3H3,(H,23,27). The molecule has 0 fully saturated rings. The average molecular weight is 426 g/mol. The number of hydrogen-bond acceptors (Lipinski definition) is 7. The molecule has 0 radical (unpaired) electrons. The van der Waals surface area contributed by atoms with Gasteiger partial charge in [-0.25, -0.2) is 9.67 Å². The Labute approximate surface area is 167 Å². The van der Waals surface area contributed by atoms with Crippen LogP contribution < -0.4 is 5.32 Å². The highest BCUT2D eigenvalue weighted by molar-refractivity contribution is 7.99. The zero-order valence-electron chi connectivity index (χ0n) is 15.7. The Bertz CT molecular complexity index is 996. The van der Waals surface area contributed by atoms with Gasteiger partial charge in [-0.05, 0) is 18.2 Å². The van der Waals surface area contributed by atoms with Gasteiger partial charge in [0.15, 0.2) is 0 Å². The van der Waals surface area contributed by atoms with Crippen molar-refractivity contribution >= 4 is 23.4 Å². The van der Waals surface area contributed by atoms with Crippen molar-refractivity contribution in [2.45, 2.75) is 37.6 Å². The molecule has 0 atom stereocenters. The first-order chi connectivity index (χ1) is 13.5. The van der Waals surface area contributed by atoms with Gasteiger partial charge < -0.3 is 9.73 Å². The van der Waals surface area contributed by atoms with Crippen LogP contribution in [0, 0.1) is 0 Å². The maximum absolute atomic E-state index is 13.1. The molecule has 0 bridgehead atoms. The van der Waals surface area contributed by atoms with Crippen molar-refractivity contribution in [3.63, 3.8) is 0 Å². The first-order valence-corrected chi connectivity index (χ1v) is 9.35. The number of aromatic nitrogens is 5. The zero-order valence-corrected chi connectivity index (χ0v) is 16.5. The quantitative estimate of drug-likeness (QED) is 0.621. The van der Waals surface area contributed by atoms with E-state index >= 15 is 0 Å². The van der Waals surface area contributed by atoms with Gasteiger partial charge in [-0.15, -0.1) is 10.2 Å². The highest BCUT2D eigenvalue weighted by Gasteiger charge is 2.31. The molecule has 1 amide bonds. The topological polar surface area (TPSA) is 98.7 Å². The molecule has 29 heavy (non-hydrogen) atoms. The lowest BCUT2D eigenvalue weighted by atomic mass is 9.97. The third-order valence-electron chi connectivity index (χ3n) is 3.64. The summed E-state index contributed by atoms with van der Waals surface area (Å²) in [6.07, 6.45) is -2.00. The molecular formula is C17H17F3N6O2S. The van der Waals surface area contributed by atoms with Crippen molar-refractivity contribution in [1.29, 1.82) is 0 Å². The lowest BCUT2D eigenvalue weighted by Crippen LogP contribution is -2.17. The van der Waals surface area contributed by atoms with Gasteiger partial charge in [0.05, 0.1) is 22.7 Å². The SMILES string of the molecule is CC(C)(C)c1nnc(SCC(=O)Nc2cc(C(F)(F)F)ccc2-n2cncn2)o1. The lowest BCUT2D eigenvalue weighted by molar-refractivity contribution is -0.137. The molecule has 8 nitrogen and oxygen atoms in total. The smallest absolute Gasteiger partial charge is 0.415 e. The highest BCUT2D eigenvalue weighted by atomic mass is 32.2. The van der Waals surface area contributed by atoms with Gasteiger partial charge in [-0.1, -0.05) is 32.5 Å². The van der Waals surface area contributed by atoms with E-state index in [-0.39, 0.29) is 27.8 Å². The summed E-state index contributed by atoms with van der Waals surface area (Å²) in [5, 5.41) is 14.4. The van der Waals surface area contributed by atoms with Gasteiger partial charge in [0, 0.05) is 5.41 Å². The van der Waals surface area contributed by atoms with Crippen LogP contribution in [0.25, 0.3) is 5.69 Å². The molecule has 2 heterocycles. The number of alkyl halides is 3. The fraction of sp³-hybridized carbons (Fsp3) is 0.353. The Morgan fingerprint density at radius 2 is 2.00 bits per heavy atom. The normalized spacial score (nSPS) is 12.2. The van der Waals surface area contributed by atoms with E-state index in [1.54, 1.807) is 0 Å². The number of thioether (sulfide) groups is 1. The summed E-state index contributed by atoms with van der Waals surface area (Å²) >= 11 is 0.988. The van der Waals surface area contributed by atoms with E-state index in [1.807, 2.05) is 20.8 Å². The number of carbonyl (C=O) groups is 1. The van der Waals surface area contributed by atoms with Gasteiger partial charge in [0.2, 0.25) is 11.8 Å². The van der Waals surface area contributed by atoms with Gasteiger partial charge >= 0.3 is 6.18 Å². The first kappa shape index (κ1) is 20.8. The number of benzene rings is 1. The summed E-state index contributed by atoms with van der Waals surface area (Å²) < 4.78 is 45.9. The molecule has 1 aromatic carbocycles. The molecule has 3 aromatic rings. The third kappa shape index (κ3) is 5.13. The number of carbonyl (C=O) groups excluding carboxylic acids is 1. The molecule has 0 aliphatic heterocycles. The van der Waals surface area contributed by atoms with Crippen molar-refractivity contribution in [3.05, 3.63) is 42.3 Å². The highest BCUT2D eigenvalue weighted by Crippen LogP contribution is 2.33. The Balaban J connectivity index is 1.75. The predicted molar refractivity (Wildman–Crippen MR) is 98.7 cm³/mol. The summed E-state index contributed by atoms with van der Waals surface area (Å²) in [6.45, 7) is 5.71. The molecular weight excluding hydrogens is 409 g/mol. The van der Waals surface area contributed by atoms with Crippen LogP contribution in [0.3, 0.4) is 0 Å². The van der Waals surface area contributed by atoms with E-state index in [1.165, 1.54) is 23.4 Å². The fourth-order valence-corrected chi connectivity index (χ4v) is 2.79. The largest absolute Gasteiger partial charge is 0.416 e. The van der Waals surface area contributed by atoms with Crippen molar-refractivity contribution in [1.82, 2.24) is 25.0 Å². The van der Waals surface area contributed by atoms with Crippen LogP contribution in [-0.4, -0.2) is 36.6 Å². The minimum absolute atomic E-state index is 0.0446. The van der Waals surface area contributed by atoms with E-state index in [2.05, 4.69) is 25.6 Å². The molecule has 0 unspecified atom stereocenters. The Kier molecular flexibility index (Phi) is 5.64. The van der Waals surface area contributed by atoms with Crippen LogP contribution in [0.4, 0.5) is 18.9 Å². The van der Waals surface area contributed by atoms with E-state index in [9.17, 15) is 18.0 Å². The minimum Gasteiger partial charge on any atom is -0.415 e. The number of anilines is 1. The number of amides is 1. The first-order valence-electron chi connectivity index (χ1n) is 8.37. The lowest BCUT2D eigenvalue weighted by Gasteiger charge is -2.14. The maximum atomic E-state index is 13.1. The maximum Gasteiger partial charge on any atom is 0.416 e. The third-order valence-corrected chi connectivity index (χ3v) is 4.46. The monoisotopic (exact) mass is 426 g/mol. The van der Waals surface area contributed by atoms with Crippen LogP contribution in [0.15, 0.2) is 40.5 Å². The fourth-order valence-electron chi connectivity index (χ4n) is 2.23. The van der Waals surface area contributed by atoms with Gasteiger partial charge in [-0.2, -0.15) is 18.3 Å². The molecule has 0 aliphatic carbocycles. The van der Waals surface area contributed by atoms with E-state index < -0.39 is 17.6 Å². The van der Waals surface area contributed by atoms with Crippen LogP contribution >= 0.6 is 11.8 Å². The number of nitrogens with zero attached hydrogens (tertiary/aromatic N) is 5. The van der Waals surface area contributed by atoms with E-state index in [0.717, 1.165) is 23.9 Å². The predicted octanol–water partition coefficient (Wildman–Crippen LogP) is 3.70. The molecule has 0 saturated heterocycles. The molecule has 2 aromatic heterocycles. The molecule has 0 aliphatic rings. The summed E-state index contributed by atoms with van der Waals surface area (Å²) in [5.41, 5.74) is -1.02. The average Bonchev–Trinajstić information content (AvgIpc) is 3.30. The summed E-state index contributed by atoms with van der Waals surface area (Å²) in [6, 6.07) is 2.98. The van der Waals surface area contributed by atoms with Crippen LogP contribution in [0.2, 0.25) is 0 Å². The molecule has 1 N–H and O–H groups in total. The van der Waals surface area contributed by atoms with E-state index in [4.69, 9.17) is 4.42 Å². The van der Waals surface area contributed by atoms with Crippen LogP contribution in [0.5, 0.6) is 0 Å². The minimum atomic E-state index is -4.55. The van der Waals surface area contributed by atoms with Crippen molar-refractivity contribution in [2.75, 3.05) is 11.1 Å². The van der Waals surface area contributed by atoms with Crippen molar-refractivity contribution in [2.24, 2.45) is 0 Å². The molecule has 154 valence electrons. The number of nitrogens with one attached hydrogen (secondary N) is 1. The summed E-state index contributed by atoms with van der Waals surface area (Å²) in [7, 11) is 0. The molecule has 3 rings (SSSR count). The second-order valence-electron chi connectivity index (χ2n) is 7.03. The van der Waals surface area contributed by atoms with Crippen LogP contribution in [-0.2, 0) is 16.4 Å². The zero-order chi connectivity index (χ0) is 21.2. The van der Waals surface area contributed by atoms with Crippen LogP contribution in [0.1, 0.15) is 32.2 Å². The van der Waals surface area contributed by atoms with Gasteiger partial charge in [0.1, 0.15) is 12.7 Å². The van der Waals surface area contributed by atoms with Crippen molar-refractivity contribution < 1.29 is 22.4 Å². The van der Waals surface area contributed by atoms with Gasteiger partial charge in [0.25, 0.3) is 5.22 Å². The summed E-state index contributed by atoms with van der Waals surface area (Å²) in [5.74, 6) is -0.239. The Hall–Kier alpha value is -2.89. The Morgan fingerprint density at radius 1 is 1.24 bits per heavy atom. The molecule has 0 spiro atoms. The van der Waals surface area contributed by atoms with Crippen molar-refractivity contribution in [3.8, 4) is 5.69 Å². The Morgan fingerprint density at radius 3 is 2.59 bits per heavy atom. The van der Waals surface area contributed by atoms with E-state index in [0.29, 0.717) is 5.89 Å².